The highest BCUT2D eigenvalue weighted by Crippen LogP contribution is 2.27. The quantitative estimate of drug-likeness (QED) is 0.358. The van der Waals surface area contributed by atoms with Crippen molar-refractivity contribution in [1.29, 1.82) is 0 Å². The van der Waals surface area contributed by atoms with Crippen molar-refractivity contribution in [3.8, 4) is 11.1 Å². The first-order chi connectivity index (χ1) is 19.8. The van der Waals surface area contributed by atoms with Crippen LogP contribution in [0, 0.1) is 5.92 Å². The first-order valence-electron chi connectivity index (χ1n) is 13.3. The van der Waals surface area contributed by atoms with Crippen molar-refractivity contribution in [1.82, 2.24) is 19.5 Å². The van der Waals surface area contributed by atoms with Crippen LogP contribution in [0.5, 0.6) is 0 Å². The van der Waals surface area contributed by atoms with Gasteiger partial charge >= 0.3 is 0 Å². The average molecular weight is 562 g/mol. The van der Waals surface area contributed by atoms with E-state index >= 15 is 0 Å². The van der Waals surface area contributed by atoms with Crippen LogP contribution in [0.15, 0.2) is 67.4 Å². The lowest BCUT2D eigenvalue weighted by Crippen LogP contribution is -2.40. The number of aryl methyl sites for hydroxylation is 2. The number of ketones is 2. The molecular formula is C32H27N5O3S. The molecule has 5 aromatic rings. The van der Waals surface area contributed by atoms with Gasteiger partial charge in [0.15, 0.2) is 11.4 Å². The first-order valence-corrected chi connectivity index (χ1v) is 14.2. The van der Waals surface area contributed by atoms with Crippen molar-refractivity contribution in [2.45, 2.75) is 32.7 Å². The van der Waals surface area contributed by atoms with Crippen LogP contribution in [0.2, 0.25) is 0 Å². The second-order valence-electron chi connectivity index (χ2n) is 10.2. The highest BCUT2D eigenvalue weighted by atomic mass is 32.1. The van der Waals surface area contributed by atoms with Crippen LogP contribution in [-0.4, -0.2) is 37.0 Å². The topological polar surface area (TPSA) is 121 Å². The molecule has 0 saturated carbocycles. The fourth-order valence-electron chi connectivity index (χ4n) is 5.49. The van der Waals surface area contributed by atoms with Gasteiger partial charge < -0.3 is 10.3 Å². The van der Waals surface area contributed by atoms with Crippen molar-refractivity contribution in [2.75, 3.05) is 0 Å². The Bertz CT molecular complexity index is 1970. The SMILES string of the molecule is CC1C=c2c(ccc3c2=CC(=O)c2ccccc2-3)C(C)C1=O.NC(=O)c1ccc(CCn2cnc3ncncc32)s1. The summed E-state index contributed by atoms with van der Waals surface area (Å²) < 4.78 is 2.00. The summed E-state index contributed by atoms with van der Waals surface area (Å²) in [5.41, 5.74) is 10.7. The molecule has 2 aliphatic carbocycles. The highest BCUT2D eigenvalue weighted by molar-refractivity contribution is 7.14. The van der Waals surface area contributed by atoms with E-state index in [0.29, 0.717) is 10.5 Å². The van der Waals surface area contributed by atoms with Crippen molar-refractivity contribution < 1.29 is 14.4 Å². The molecule has 7 rings (SSSR count). The second kappa shape index (κ2) is 10.7. The molecule has 3 aromatic heterocycles. The van der Waals surface area contributed by atoms with Crippen LogP contribution in [0.25, 0.3) is 34.4 Å². The molecule has 2 aliphatic rings. The van der Waals surface area contributed by atoms with Crippen LogP contribution >= 0.6 is 11.3 Å². The third-order valence-corrected chi connectivity index (χ3v) is 8.80. The molecule has 0 spiro atoms. The number of Topliss-reactive ketones (excluding diaryl/α,β-unsaturated/α-hetero) is 2. The predicted octanol–water partition coefficient (Wildman–Crippen LogP) is 3.66. The Hall–Kier alpha value is -4.76. The zero-order valence-corrected chi connectivity index (χ0v) is 23.4. The molecule has 0 saturated heterocycles. The summed E-state index contributed by atoms with van der Waals surface area (Å²) >= 11 is 1.43. The fourth-order valence-corrected chi connectivity index (χ4v) is 6.34. The minimum atomic E-state index is -0.377. The van der Waals surface area contributed by atoms with E-state index in [-0.39, 0.29) is 29.3 Å². The molecule has 2 aromatic carbocycles. The fraction of sp³-hybridized carbons (Fsp3) is 0.188. The van der Waals surface area contributed by atoms with Gasteiger partial charge in [-0.2, -0.15) is 0 Å². The highest BCUT2D eigenvalue weighted by Gasteiger charge is 2.27. The number of primary amides is 1. The number of aromatic nitrogens is 4. The molecular weight excluding hydrogens is 534 g/mol. The van der Waals surface area contributed by atoms with Gasteiger partial charge in [0.2, 0.25) is 0 Å². The van der Waals surface area contributed by atoms with E-state index in [1.54, 1.807) is 24.7 Å². The monoisotopic (exact) mass is 561 g/mol. The molecule has 1 amide bonds. The number of hydrogen-bond acceptors (Lipinski definition) is 7. The second-order valence-corrected chi connectivity index (χ2v) is 11.4. The van der Waals surface area contributed by atoms with Gasteiger partial charge in [-0.3, -0.25) is 14.4 Å². The van der Waals surface area contributed by atoms with Crippen LogP contribution in [0.3, 0.4) is 0 Å². The summed E-state index contributed by atoms with van der Waals surface area (Å²) in [6, 6.07) is 15.5. The summed E-state index contributed by atoms with van der Waals surface area (Å²) in [7, 11) is 0. The maximum absolute atomic E-state index is 12.4. The van der Waals surface area contributed by atoms with Crippen LogP contribution in [0.1, 0.15) is 50.2 Å². The average Bonchev–Trinajstić information content (AvgIpc) is 3.63. The Balaban J connectivity index is 0.000000149. The van der Waals surface area contributed by atoms with Gasteiger partial charge in [-0.1, -0.05) is 56.3 Å². The molecule has 0 fully saturated rings. The van der Waals surface area contributed by atoms with Crippen LogP contribution < -0.4 is 16.2 Å². The molecule has 0 aliphatic heterocycles. The number of rotatable bonds is 4. The molecule has 9 heteroatoms. The lowest BCUT2D eigenvalue weighted by molar-refractivity contribution is -0.122. The number of carbonyl (C=O) groups excluding carboxylic acids is 3. The summed E-state index contributed by atoms with van der Waals surface area (Å²) in [5.74, 6) is -0.300. The van der Waals surface area contributed by atoms with E-state index < -0.39 is 0 Å². The maximum Gasteiger partial charge on any atom is 0.258 e. The molecule has 0 bridgehead atoms. The number of benzene rings is 2. The first kappa shape index (κ1) is 26.5. The van der Waals surface area contributed by atoms with Gasteiger partial charge in [-0.25, -0.2) is 15.0 Å². The Kier molecular flexibility index (Phi) is 6.88. The van der Waals surface area contributed by atoms with Crippen molar-refractivity contribution >= 4 is 52.1 Å². The zero-order chi connectivity index (χ0) is 28.7. The van der Waals surface area contributed by atoms with E-state index in [4.69, 9.17) is 5.73 Å². The van der Waals surface area contributed by atoms with Gasteiger partial charge in [0.1, 0.15) is 17.6 Å². The third kappa shape index (κ3) is 4.89. The zero-order valence-electron chi connectivity index (χ0n) is 22.6. The summed E-state index contributed by atoms with van der Waals surface area (Å²) in [6.07, 6.45) is 9.54. The molecule has 2 unspecified atom stereocenters. The number of nitrogens with zero attached hydrogens (tertiary/aromatic N) is 4. The van der Waals surface area contributed by atoms with Gasteiger partial charge in [0.05, 0.1) is 17.4 Å². The van der Waals surface area contributed by atoms with Gasteiger partial charge in [-0.05, 0) is 51.8 Å². The minimum Gasteiger partial charge on any atom is -0.365 e. The molecule has 2 atom stereocenters. The van der Waals surface area contributed by atoms with Gasteiger partial charge in [0.25, 0.3) is 5.91 Å². The number of carbonyl (C=O) groups is 3. The number of amides is 1. The normalized spacial score (nSPS) is 16.9. The van der Waals surface area contributed by atoms with Crippen molar-refractivity contribution in [3.05, 3.63) is 98.7 Å². The summed E-state index contributed by atoms with van der Waals surface area (Å²) in [6.45, 7) is 4.65. The minimum absolute atomic E-state index is 0.0436. The van der Waals surface area contributed by atoms with E-state index in [0.717, 1.165) is 56.1 Å². The lowest BCUT2D eigenvalue weighted by atomic mass is 9.79. The van der Waals surface area contributed by atoms with Crippen molar-refractivity contribution in [3.63, 3.8) is 0 Å². The molecule has 204 valence electrons. The number of imidazole rings is 1. The number of nitrogens with two attached hydrogens (primary N) is 1. The van der Waals surface area contributed by atoms with Gasteiger partial charge in [0, 0.05) is 28.8 Å². The Morgan fingerprint density at radius 1 is 0.976 bits per heavy atom. The summed E-state index contributed by atoms with van der Waals surface area (Å²) in [5, 5.41) is 2.02. The third-order valence-electron chi connectivity index (χ3n) is 7.64. The number of thiophene rings is 1. The van der Waals surface area contributed by atoms with E-state index in [1.165, 1.54) is 17.7 Å². The number of fused-ring (bicyclic) bond motifs is 6. The smallest absolute Gasteiger partial charge is 0.258 e. The molecule has 41 heavy (non-hydrogen) atoms. The van der Waals surface area contributed by atoms with E-state index in [1.807, 2.05) is 67.0 Å². The Morgan fingerprint density at radius 2 is 1.78 bits per heavy atom. The van der Waals surface area contributed by atoms with Crippen LogP contribution in [0.4, 0.5) is 0 Å². The summed E-state index contributed by atoms with van der Waals surface area (Å²) in [4.78, 5) is 49.7. The molecule has 0 radical (unpaired) electrons. The van der Waals surface area contributed by atoms with Crippen LogP contribution in [-0.2, 0) is 17.8 Å². The lowest BCUT2D eigenvalue weighted by Gasteiger charge is -2.23. The van der Waals surface area contributed by atoms with E-state index in [2.05, 4.69) is 15.0 Å². The Labute approximate surface area is 239 Å². The maximum atomic E-state index is 12.4. The largest absolute Gasteiger partial charge is 0.365 e. The standard InChI is InChI=1S/C20H16O2.C12H11N5OS/c1-11-9-17-13(12(2)20(11)22)7-8-15-14-5-3-4-6-16(14)19(21)10-18(15)17;13-11(18)10-2-1-8(19-10)3-4-17-7-16-12-9(17)5-14-6-15-12/h3-12H,1-2H3;1-2,5-7H,3-4H2,(H2,13,18). The Morgan fingerprint density at radius 3 is 2.56 bits per heavy atom. The molecule has 3 heterocycles. The molecule has 8 nitrogen and oxygen atoms in total. The predicted molar refractivity (Wildman–Crippen MR) is 159 cm³/mol. The van der Waals surface area contributed by atoms with E-state index in [9.17, 15) is 14.4 Å². The molecule has 2 N–H and O–H groups in total. The van der Waals surface area contributed by atoms with Crippen molar-refractivity contribution in [2.24, 2.45) is 11.7 Å². The number of hydrogen-bond donors (Lipinski definition) is 1. The van der Waals surface area contributed by atoms with Gasteiger partial charge in [-0.15, -0.1) is 11.3 Å².